The zero-order valence-corrected chi connectivity index (χ0v) is 8.71. The van der Waals surface area contributed by atoms with E-state index in [-0.39, 0.29) is 11.8 Å². The Kier molecular flexibility index (Phi) is 3.28. The molecule has 1 rings (SSSR count). The molecule has 0 unspecified atom stereocenters. The number of β-amino-alcohol motifs (C(OH)–C–C–N with tert-alkyl or cyclic N) is 1. The molecular weight excluding hydrogens is 192 g/mol. The lowest BCUT2D eigenvalue weighted by molar-refractivity contribution is 0.136. The highest BCUT2D eigenvalue weighted by Crippen LogP contribution is 2.11. The normalized spacial score (nSPS) is 29.8. The Labute approximate surface area is 78.8 Å². The number of hydrogen-bond donors (Lipinski definition) is 2. The largest absolute Gasteiger partial charge is 0.390 e. The number of nitrogens with one attached hydrogen (secondary N) is 1. The summed E-state index contributed by atoms with van der Waals surface area (Å²) >= 11 is 0. The Morgan fingerprint density at radius 3 is 2.54 bits per heavy atom. The smallest absolute Gasteiger partial charge is 0.213 e. The second-order valence-corrected chi connectivity index (χ2v) is 5.53. The van der Waals surface area contributed by atoms with Gasteiger partial charge in [0, 0.05) is 20.1 Å². The van der Waals surface area contributed by atoms with E-state index in [1.165, 1.54) is 11.4 Å². The Balaban J connectivity index is 2.72. The molecule has 1 aliphatic heterocycles. The predicted molar refractivity (Wildman–Crippen MR) is 49.9 cm³/mol. The van der Waals surface area contributed by atoms with Crippen molar-refractivity contribution in [3.63, 3.8) is 0 Å². The van der Waals surface area contributed by atoms with Gasteiger partial charge in [0.2, 0.25) is 10.0 Å². The maximum Gasteiger partial charge on any atom is 0.213 e. The van der Waals surface area contributed by atoms with Crippen LogP contribution < -0.4 is 5.32 Å². The van der Waals surface area contributed by atoms with Gasteiger partial charge in [-0.1, -0.05) is 0 Å². The summed E-state index contributed by atoms with van der Waals surface area (Å²) in [5.74, 6) is 0.0761. The van der Waals surface area contributed by atoms with Gasteiger partial charge in [-0.25, -0.2) is 8.42 Å². The summed E-state index contributed by atoms with van der Waals surface area (Å²) in [5, 5.41) is 12.4. The fourth-order valence-electron chi connectivity index (χ4n) is 1.43. The van der Waals surface area contributed by atoms with Crippen molar-refractivity contribution in [3.05, 3.63) is 0 Å². The highest BCUT2D eigenvalue weighted by atomic mass is 32.2. The highest BCUT2D eigenvalue weighted by Gasteiger charge is 2.33. The molecule has 0 saturated carbocycles. The van der Waals surface area contributed by atoms with Gasteiger partial charge in [0.25, 0.3) is 0 Å². The minimum atomic E-state index is -3.18. The first kappa shape index (κ1) is 10.9. The molecule has 2 atom stereocenters. The Morgan fingerprint density at radius 2 is 2.15 bits per heavy atom. The van der Waals surface area contributed by atoms with Crippen molar-refractivity contribution in [2.45, 2.75) is 19.1 Å². The first-order chi connectivity index (χ1) is 5.99. The third kappa shape index (κ3) is 2.19. The van der Waals surface area contributed by atoms with Crippen LogP contribution in [-0.4, -0.2) is 55.9 Å². The van der Waals surface area contributed by atoms with E-state index in [0.29, 0.717) is 13.1 Å². The standard InChI is InChI=1S/C7H16N2O3S/c1-3-13(11,12)9(2)6-4-8-5-7(6)10/h6-8,10H,3-5H2,1-2H3/t6-,7-/m1/s1. The quantitative estimate of drug-likeness (QED) is 0.598. The lowest BCUT2D eigenvalue weighted by Crippen LogP contribution is -2.44. The molecule has 0 aromatic rings. The Bertz CT molecular complexity index is 265. The van der Waals surface area contributed by atoms with Crippen LogP contribution in [-0.2, 0) is 10.0 Å². The maximum atomic E-state index is 11.4. The number of rotatable bonds is 3. The molecule has 2 N–H and O–H groups in total. The van der Waals surface area contributed by atoms with Gasteiger partial charge in [-0.15, -0.1) is 0 Å². The van der Waals surface area contributed by atoms with E-state index < -0.39 is 16.1 Å². The van der Waals surface area contributed by atoms with Crippen molar-refractivity contribution in [2.75, 3.05) is 25.9 Å². The van der Waals surface area contributed by atoms with Crippen LogP contribution >= 0.6 is 0 Å². The number of nitrogens with zero attached hydrogens (tertiary/aromatic N) is 1. The van der Waals surface area contributed by atoms with Crippen molar-refractivity contribution in [1.82, 2.24) is 9.62 Å². The van der Waals surface area contributed by atoms with Gasteiger partial charge in [-0.05, 0) is 6.92 Å². The van der Waals surface area contributed by atoms with E-state index in [1.54, 1.807) is 6.92 Å². The van der Waals surface area contributed by atoms with Gasteiger partial charge in [0.05, 0.1) is 17.9 Å². The van der Waals surface area contributed by atoms with E-state index in [1.807, 2.05) is 0 Å². The SMILES string of the molecule is CCS(=O)(=O)N(C)[C@@H]1CNC[C@H]1O. The van der Waals surface area contributed by atoms with E-state index >= 15 is 0 Å². The zero-order chi connectivity index (χ0) is 10.1. The predicted octanol–water partition coefficient (Wildman–Crippen LogP) is -1.40. The zero-order valence-electron chi connectivity index (χ0n) is 7.90. The average Bonchev–Trinajstić information content (AvgIpc) is 2.50. The van der Waals surface area contributed by atoms with Crippen LogP contribution in [0.15, 0.2) is 0 Å². The molecule has 0 amide bonds. The minimum Gasteiger partial charge on any atom is -0.390 e. The number of hydrogen-bond acceptors (Lipinski definition) is 4. The van der Waals surface area contributed by atoms with Gasteiger partial charge in [-0.3, -0.25) is 0 Å². The third-order valence-corrected chi connectivity index (χ3v) is 4.30. The van der Waals surface area contributed by atoms with Crippen molar-refractivity contribution >= 4 is 10.0 Å². The molecular formula is C7H16N2O3S. The third-order valence-electron chi connectivity index (χ3n) is 2.42. The first-order valence-electron chi connectivity index (χ1n) is 4.33. The van der Waals surface area contributed by atoms with Crippen LogP contribution in [0.25, 0.3) is 0 Å². The van der Waals surface area contributed by atoms with Gasteiger partial charge in [-0.2, -0.15) is 4.31 Å². The molecule has 0 aromatic carbocycles. The van der Waals surface area contributed by atoms with Crippen molar-refractivity contribution in [2.24, 2.45) is 0 Å². The molecule has 0 aromatic heterocycles. The number of aliphatic hydroxyl groups excluding tert-OH is 1. The maximum absolute atomic E-state index is 11.4. The molecule has 0 bridgehead atoms. The van der Waals surface area contributed by atoms with Gasteiger partial charge < -0.3 is 10.4 Å². The van der Waals surface area contributed by atoms with Crippen LogP contribution in [0.4, 0.5) is 0 Å². The lowest BCUT2D eigenvalue weighted by Gasteiger charge is -2.24. The molecule has 0 radical (unpaired) electrons. The molecule has 1 fully saturated rings. The van der Waals surface area contributed by atoms with Crippen LogP contribution in [0.2, 0.25) is 0 Å². The summed E-state index contributed by atoms with van der Waals surface area (Å²) < 4.78 is 24.1. The van der Waals surface area contributed by atoms with Gasteiger partial charge in [0.15, 0.2) is 0 Å². The molecule has 1 aliphatic rings. The van der Waals surface area contributed by atoms with Crippen molar-refractivity contribution in [1.29, 1.82) is 0 Å². The first-order valence-corrected chi connectivity index (χ1v) is 5.94. The molecule has 0 spiro atoms. The molecule has 1 heterocycles. The Hall–Kier alpha value is -0.170. The van der Waals surface area contributed by atoms with Crippen LogP contribution in [0, 0.1) is 0 Å². The second-order valence-electron chi connectivity index (χ2n) is 3.21. The fraction of sp³-hybridized carbons (Fsp3) is 1.00. The summed E-state index contributed by atoms with van der Waals surface area (Å²) in [6.07, 6.45) is -0.591. The van der Waals surface area contributed by atoms with Crippen molar-refractivity contribution < 1.29 is 13.5 Å². The molecule has 1 saturated heterocycles. The summed E-state index contributed by atoms with van der Waals surface area (Å²) in [6.45, 7) is 2.59. The number of sulfonamides is 1. The highest BCUT2D eigenvalue weighted by molar-refractivity contribution is 7.89. The second kappa shape index (κ2) is 3.91. The van der Waals surface area contributed by atoms with Crippen molar-refractivity contribution in [3.8, 4) is 0 Å². The molecule has 13 heavy (non-hydrogen) atoms. The number of aliphatic hydroxyl groups is 1. The topological polar surface area (TPSA) is 69.6 Å². The monoisotopic (exact) mass is 208 g/mol. The molecule has 5 nitrogen and oxygen atoms in total. The van der Waals surface area contributed by atoms with Crippen LogP contribution in [0.3, 0.4) is 0 Å². The molecule has 78 valence electrons. The van der Waals surface area contributed by atoms with Crippen LogP contribution in [0.5, 0.6) is 0 Å². The fourth-order valence-corrected chi connectivity index (χ4v) is 2.47. The number of likely N-dealkylation sites (N-methyl/N-ethyl adjacent to an activating group) is 1. The molecule has 0 aliphatic carbocycles. The van der Waals surface area contributed by atoms with E-state index in [4.69, 9.17) is 0 Å². The summed E-state index contributed by atoms with van der Waals surface area (Å²) in [4.78, 5) is 0. The summed E-state index contributed by atoms with van der Waals surface area (Å²) in [7, 11) is -1.67. The van der Waals surface area contributed by atoms with E-state index in [2.05, 4.69) is 5.32 Å². The van der Waals surface area contributed by atoms with E-state index in [0.717, 1.165) is 0 Å². The molecule has 6 heteroatoms. The lowest BCUT2D eigenvalue weighted by atomic mass is 10.2. The van der Waals surface area contributed by atoms with Gasteiger partial charge >= 0.3 is 0 Å². The summed E-state index contributed by atoms with van der Waals surface area (Å²) in [6, 6.07) is -0.315. The average molecular weight is 208 g/mol. The van der Waals surface area contributed by atoms with Gasteiger partial charge in [0.1, 0.15) is 0 Å². The summed E-state index contributed by atoms with van der Waals surface area (Å²) in [5.41, 5.74) is 0. The van der Waals surface area contributed by atoms with E-state index in [9.17, 15) is 13.5 Å². The van der Waals surface area contributed by atoms with Crippen LogP contribution in [0.1, 0.15) is 6.92 Å². The minimum absolute atomic E-state index is 0.0761. The Morgan fingerprint density at radius 1 is 1.54 bits per heavy atom.